The molecule has 6 fully saturated rings. The second-order valence-corrected chi connectivity index (χ2v) is 37.4. The Hall–Kier alpha value is -13.4. The zero-order valence-electron chi connectivity index (χ0n) is 77.2. The number of fused-ring (bicyclic) bond motifs is 6. The number of likely N-dealkylation sites (tertiary alicyclic amines) is 3. The van der Waals surface area contributed by atoms with Crippen LogP contribution in [0.5, 0.6) is 0 Å². The number of amides is 15. The highest BCUT2D eigenvalue weighted by molar-refractivity contribution is 5.95. The fourth-order valence-corrected chi connectivity index (χ4v) is 20.1. The minimum Gasteiger partial charge on any atom is -0.338 e. The summed E-state index contributed by atoms with van der Waals surface area (Å²) in [6.07, 6.45) is 16.1. The molecule has 15 amide bonds. The number of aromatic nitrogens is 6. The van der Waals surface area contributed by atoms with Gasteiger partial charge in [0.05, 0.1) is 35.1 Å². The molecule has 10 aromatic rings. The van der Waals surface area contributed by atoms with Crippen molar-refractivity contribution in [1.29, 1.82) is 0 Å². The molecule has 0 spiro atoms. The van der Waals surface area contributed by atoms with Gasteiger partial charge in [-0.15, -0.1) is 0 Å². The zero-order valence-corrected chi connectivity index (χ0v) is 77.2. The van der Waals surface area contributed by atoms with Crippen molar-refractivity contribution in [1.82, 2.24) is 105 Å². The molecule has 134 heavy (non-hydrogen) atoms. The van der Waals surface area contributed by atoms with Crippen LogP contribution < -0.4 is 31.9 Å². The van der Waals surface area contributed by atoms with Crippen LogP contribution in [0.1, 0.15) is 105 Å². The molecule has 9 N–H and O–H groups in total. The maximum Gasteiger partial charge on any atom is 0.322 e. The second-order valence-electron chi connectivity index (χ2n) is 37.4. The minimum atomic E-state index is -0.700. The van der Waals surface area contributed by atoms with Gasteiger partial charge in [-0.3, -0.25) is 39.5 Å². The highest BCUT2D eigenvalue weighted by atomic mass is 16.2. The van der Waals surface area contributed by atoms with Gasteiger partial charge in [-0.1, -0.05) is 142 Å². The largest absolute Gasteiger partial charge is 0.338 e. The molecular formula is C101H126N24O9. The van der Waals surface area contributed by atoms with Crippen molar-refractivity contribution >= 4 is 110 Å². The molecule has 33 nitrogen and oxygen atoms in total. The van der Waals surface area contributed by atoms with Crippen molar-refractivity contribution in [2.24, 2.45) is 11.8 Å². The maximum atomic E-state index is 14.0. The quantitative estimate of drug-likeness (QED) is 0.0304. The summed E-state index contributed by atoms with van der Waals surface area (Å²) in [5.74, 6) is 1.14. The number of anilines is 3. The summed E-state index contributed by atoms with van der Waals surface area (Å²) in [4.78, 5) is 145. The molecule has 4 atom stereocenters. The molecule has 33 heteroatoms. The van der Waals surface area contributed by atoms with E-state index in [1.165, 1.54) is 5.56 Å². The van der Waals surface area contributed by atoms with Crippen LogP contribution in [0.4, 0.5) is 45.8 Å². The lowest BCUT2D eigenvalue weighted by molar-refractivity contribution is -0.135. The van der Waals surface area contributed by atoms with Gasteiger partial charge in [-0.2, -0.15) is 15.3 Å². The molecule has 12 heterocycles. The average Bonchev–Trinajstić information content (AvgIpc) is 1.000. The number of likely N-dealkylation sites (N-methyl/N-ethyl adjacent to an activating group) is 1. The van der Waals surface area contributed by atoms with Crippen LogP contribution in [0.3, 0.4) is 0 Å². The maximum absolute atomic E-state index is 14.0. The van der Waals surface area contributed by atoms with Crippen molar-refractivity contribution in [2.75, 3.05) is 154 Å². The molecule has 704 valence electrons. The predicted octanol–water partition coefficient (Wildman–Crippen LogP) is 11.5. The number of carbonyl (C=O) groups excluding carboxylic acids is 9. The third kappa shape index (κ3) is 22.7. The third-order valence-corrected chi connectivity index (χ3v) is 28.4. The van der Waals surface area contributed by atoms with Gasteiger partial charge in [0.25, 0.3) is 0 Å². The molecule has 0 saturated carbocycles. The summed E-state index contributed by atoms with van der Waals surface area (Å²) in [6, 6.07) is 48.9. The molecule has 0 radical (unpaired) electrons. The van der Waals surface area contributed by atoms with E-state index < -0.39 is 18.1 Å². The number of nitrogens with zero attached hydrogens (tertiary/aromatic N) is 15. The molecule has 0 bridgehead atoms. The number of hydrogen-bond donors (Lipinski definition) is 9. The molecule has 0 aliphatic carbocycles. The Morgan fingerprint density at radius 2 is 0.724 bits per heavy atom. The summed E-state index contributed by atoms with van der Waals surface area (Å²) in [6.45, 7) is 22.2. The fourth-order valence-electron chi connectivity index (χ4n) is 20.1. The lowest BCUT2D eigenvalue weighted by Gasteiger charge is -2.41. The van der Waals surface area contributed by atoms with Crippen LogP contribution in [0.15, 0.2) is 182 Å². The van der Waals surface area contributed by atoms with E-state index in [0.29, 0.717) is 168 Å². The SMILES string of the molecule is CCC(CN1CCN(C(=O)C(Cc2ccc3[nH]ncc3c2)NC(=O)N2CCC(N3Cc4ccccc4NC3=O)CC2)CC1)C(C)C.CN1CCN(C(=O)C(Cc2ccc3[nH]ncc3c2)NC(=O)N2CCC(N3Cc4ccccc4NC3=O)CC2)CC1.O=C(NC(Cc1ccc2[nH]ncc2c1)C(=O)N1CCN(C/C=C/c2ccccc2)CC1)N1CCC(N2Cc3ccccc3NC2=O)CC1. The van der Waals surface area contributed by atoms with Gasteiger partial charge in [0, 0.05) is 221 Å². The number of nitrogens with one attached hydrogen (secondary N) is 9. The lowest BCUT2D eigenvalue weighted by Crippen LogP contribution is -2.58. The molecular weight excluding hydrogens is 1690 g/mol. The summed E-state index contributed by atoms with van der Waals surface area (Å²) < 4.78 is 0. The van der Waals surface area contributed by atoms with Crippen molar-refractivity contribution in [3.63, 3.8) is 0 Å². The number of urea groups is 6. The van der Waals surface area contributed by atoms with Crippen molar-refractivity contribution in [3.05, 3.63) is 221 Å². The fraction of sp³-hybridized carbons (Fsp3) is 0.446. The number of hydrogen-bond acceptors (Lipinski definition) is 15. The van der Waals surface area contributed by atoms with Crippen molar-refractivity contribution in [2.45, 2.75) is 141 Å². The van der Waals surface area contributed by atoms with Crippen LogP contribution in [0.2, 0.25) is 0 Å². The Kier molecular flexibility index (Phi) is 29.7. The van der Waals surface area contributed by atoms with E-state index in [1.807, 2.05) is 175 Å². The van der Waals surface area contributed by atoms with Gasteiger partial charge in [-0.25, -0.2) is 28.8 Å². The predicted molar refractivity (Wildman–Crippen MR) is 517 cm³/mol. The van der Waals surface area contributed by atoms with E-state index in [2.05, 4.69) is 129 Å². The number of benzene rings is 7. The van der Waals surface area contributed by atoms with Gasteiger partial charge in [-0.05, 0) is 151 Å². The molecule has 9 aliphatic rings. The van der Waals surface area contributed by atoms with Gasteiger partial charge >= 0.3 is 36.2 Å². The third-order valence-electron chi connectivity index (χ3n) is 28.4. The highest BCUT2D eigenvalue weighted by Crippen LogP contribution is 2.33. The topological polar surface area (TPSA) is 351 Å². The molecule has 9 aliphatic heterocycles. The van der Waals surface area contributed by atoms with Gasteiger partial charge in [0.2, 0.25) is 17.7 Å². The van der Waals surface area contributed by atoms with E-state index in [4.69, 9.17) is 0 Å². The van der Waals surface area contributed by atoms with E-state index in [0.717, 1.165) is 142 Å². The van der Waals surface area contributed by atoms with Gasteiger partial charge in [0.1, 0.15) is 18.1 Å². The highest BCUT2D eigenvalue weighted by Gasteiger charge is 2.41. The van der Waals surface area contributed by atoms with Gasteiger partial charge < -0.3 is 80.9 Å². The normalized spacial score (nSPS) is 18.9. The molecule has 3 aromatic heterocycles. The molecule has 7 aromatic carbocycles. The Bertz CT molecular complexity index is 5790. The number of H-pyrrole nitrogens is 3. The first kappa shape index (κ1) is 92.5. The Balaban J connectivity index is 0.000000141. The Morgan fingerprint density at radius 1 is 0.396 bits per heavy atom. The second kappa shape index (κ2) is 43.1. The van der Waals surface area contributed by atoms with Gasteiger partial charge in [0.15, 0.2) is 0 Å². The summed E-state index contributed by atoms with van der Waals surface area (Å²) >= 11 is 0. The minimum absolute atomic E-state index is 0.0327. The van der Waals surface area contributed by atoms with E-state index in [9.17, 15) is 43.2 Å². The van der Waals surface area contributed by atoms with Crippen LogP contribution >= 0.6 is 0 Å². The van der Waals surface area contributed by atoms with Crippen LogP contribution in [-0.4, -0.2) is 317 Å². The molecule has 6 saturated heterocycles. The van der Waals surface area contributed by atoms with E-state index in [-0.39, 0.29) is 72.0 Å². The number of para-hydroxylation sites is 3. The number of rotatable bonds is 22. The Morgan fingerprint density at radius 3 is 1.07 bits per heavy atom. The first-order valence-corrected chi connectivity index (χ1v) is 47.8. The van der Waals surface area contributed by atoms with E-state index in [1.54, 1.807) is 33.3 Å². The van der Waals surface area contributed by atoms with Crippen LogP contribution in [-0.2, 0) is 53.3 Å². The smallest absolute Gasteiger partial charge is 0.322 e. The Labute approximate surface area is 782 Å². The number of piperazine rings is 3. The number of carbonyl (C=O) groups is 9. The lowest BCUT2D eigenvalue weighted by atomic mass is 9.92. The molecule has 4 unspecified atom stereocenters. The first-order valence-electron chi connectivity index (χ1n) is 47.8. The van der Waals surface area contributed by atoms with Crippen LogP contribution in [0, 0.1) is 11.8 Å². The van der Waals surface area contributed by atoms with Crippen LogP contribution in [0.25, 0.3) is 38.8 Å². The summed E-state index contributed by atoms with van der Waals surface area (Å²) in [5, 5.41) is 42.5. The van der Waals surface area contributed by atoms with Crippen molar-refractivity contribution < 1.29 is 43.2 Å². The summed E-state index contributed by atoms with van der Waals surface area (Å²) in [7, 11) is 2.05. The summed E-state index contributed by atoms with van der Waals surface area (Å²) in [5.41, 5.74) is 12.8. The number of piperidine rings is 3. The standard InChI is InChI=1S/C37H42N8O3.C35H48N8O3.C29H36N8O3/c46-35(43-21-19-42(20-22-43)16-6-9-27-7-2-1-3-8-27)34(24-28-12-13-33-30(23-28)25-38-41-33)40-36(47)44-17-14-31(15-18-44)45-26-29-10-4-5-11-32(29)39-37(45)48;1-4-26(24(2)3)22-40-15-17-41(18-16-40)33(44)32(20-25-9-10-31-28(19-25)21-36-39-31)38-34(45)42-13-11-29(12-14-42)43-23-27-7-5-6-8-30(27)37-35(43)46;1-34-12-14-35(15-13-34)27(38)26(17-20-6-7-25-22(16-20)18-30-33-25)32-28(39)36-10-8-23(9-11-36)37-19-21-4-2-3-5-24(21)31-29(37)40/h1-13,23,25,31,34H,14-22,24,26H2,(H,38,41)(H,39,48)(H,40,47);5-10,19,21,24,26,29,32H,4,11-18,20,22-23H2,1-3H3,(H,36,39)(H,37,46)(H,38,45);2-7,16,18,23,26H,8-15,17,19H2,1H3,(H,30,33)(H,31,40)(H,32,39)/b9-6+;;. The van der Waals surface area contributed by atoms with Crippen molar-refractivity contribution in [3.8, 4) is 0 Å². The van der Waals surface area contributed by atoms with E-state index >= 15 is 0 Å². The average molecular weight is 1820 g/mol. The zero-order chi connectivity index (χ0) is 92.7. The molecule has 19 rings (SSSR count). The number of aromatic amines is 3. The first-order chi connectivity index (χ1) is 65.2. The monoisotopic (exact) mass is 1820 g/mol.